The Hall–Kier alpha value is -2.86. The van der Waals surface area contributed by atoms with Crippen LogP contribution in [0.15, 0.2) is 54.6 Å². The van der Waals surface area contributed by atoms with Crippen LogP contribution < -0.4 is 10.5 Å². The smallest absolute Gasteiger partial charge is 0.324 e. The summed E-state index contributed by atoms with van der Waals surface area (Å²) in [4.78, 5) is 21.9. The Morgan fingerprint density at radius 1 is 0.920 bits per heavy atom. The van der Waals surface area contributed by atoms with Crippen LogP contribution in [0.2, 0.25) is 0 Å². The molecule has 6 heteroatoms. The molecule has 2 rings (SSSR count). The minimum Gasteiger partial charge on any atom is -0.488 e. The van der Waals surface area contributed by atoms with Gasteiger partial charge in [-0.1, -0.05) is 42.5 Å². The van der Waals surface area contributed by atoms with E-state index in [4.69, 9.17) is 20.7 Å². The zero-order valence-electron chi connectivity index (χ0n) is 13.7. The first kappa shape index (κ1) is 18.5. The van der Waals surface area contributed by atoms with E-state index in [-0.39, 0.29) is 0 Å². The molecule has 0 amide bonds. The van der Waals surface area contributed by atoms with Gasteiger partial charge in [0, 0.05) is 0 Å². The van der Waals surface area contributed by atoms with Gasteiger partial charge in [0.2, 0.25) is 0 Å². The van der Waals surface area contributed by atoms with Gasteiger partial charge in [-0.15, -0.1) is 0 Å². The van der Waals surface area contributed by atoms with Crippen molar-refractivity contribution < 1.29 is 24.5 Å². The lowest BCUT2D eigenvalue weighted by Crippen LogP contribution is -2.46. The molecule has 0 heterocycles. The van der Waals surface area contributed by atoms with Crippen LogP contribution in [0.25, 0.3) is 0 Å². The van der Waals surface area contributed by atoms with Gasteiger partial charge in [0.1, 0.15) is 17.9 Å². The number of ether oxygens (including phenoxy) is 1. The second-order valence-corrected chi connectivity index (χ2v) is 5.75. The van der Waals surface area contributed by atoms with Gasteiger partial charge in [0.15, 0.2) is 0 Å². The summed E-state index contributed by atoms with van der Waals surface area (Å²) in [5.41, 5.74) is 7.86. The molecule has 2 aromatic rings. The van der Waals surface area contributed by atoms with Crippen molar-refractivity contribution in [2.24, 2.45) is 5.73 Å². The summed E-state index contributed by atoms with van der Waals surface area (Å²) in [5.74, 6) is -2.07. The predicted molar refractivity (Wildman–Crippen MR) is 92.6 cm³/mol. The average molecular weight is 343 g/mol. The van der Waals surface area contributed by atoms with Gasteiger partial charge in [0.05, 0.1) is 6.42 Å². The first-order valence-electron chi connectivity index (χ1n) is 7.95. The summed E-state index contributed by atoms with van der Waals surface area (Å²) in [6.45, 7) is 0. The van der Waals surface area contributed by atoms with E-state index in [1.54, 1.807) is 12.1 Å². The minimum atomic E-state index is -1.41. The Kier molecular flexibility index (Phi) is 6.54. The molecule has 6 nitrogen and oxygen atoms in total. The Bertz CT molecular complexity index is 700. The minimum absolute atomic E-state index is 0.395. The van der Waals surface area contributed by atoms with Crippen molar-refractivity contribution in [3.05, 3.63) is 65.7 Å². The number of benzene rings is 2. The van der Waals surface area contributed by atoms with Gasteiger partial charge in [-0.2, -0.15) is 0 Å². The molecule has 0 saturated heterocycles. The highest BCUT2D eigenvalue weighted by atomic mass is 16.5. The van der Waals surface area contributed by atoms with E-state index in [1.807, 2.05) is 30.3 Å². The van der Waals surface area contributed by atoms with Crippen LogP contribution in [0.3, 0.4) is 0 Å². The number of carboxylic acids is 2. The van der Waals surface area contributed by atoms with Crippen molar-refractivity contribution in [1.82, 2.24) is 0 Å². The lowest BCUT2D eigenvalue weighted by Gasteiger charge is -2.21. The van der Waals surface area contributed by atoms with Crippen LogP contribution in [-0.2, 0) is 22.4 Å². The number of aliphatic carboxylic acids is 2. The fourth-order valence-corrected chi connectivity index (χ4v) is 2.42. The van der Waals surface area contributed by atoms with E-state index in [2.05, 4.69) is 12.1 Å². The maximum Gasteiger partial charge on any atom is 0.324 e. The van der Waals surface area contributed by atoms with Crippen molar-refractivity contribution in [3.8, 4) is 5.75 Å². The average Bonchev–Trinajstić information content (AvgIpc) is 2.60. The van der Waals surface area contributed by atoms with Gasteiger partial charge in [-0.05, 0) is 36.1 Å². The number of hydrogen-bond acceptors (Lipinski definition) is 4. The van der Waals surface area contributed by atoms with Gasteiger partial charge in [0.25, 0.3) is 0 Å². The SMILES string of the molecule is N[C@H](C(=O)O)C(CC(=O)O)Oc1ccc(CCc2ccccc2)cc1. The van der Waals surface area contributed by atoms with Gasteiger partial charge >= 0.3 is 11.9 Å². The molecule has 4 N–H and O–H groups in total. The lowest BCUT2D eigenvalue weighted by atomic mass is 10.0. The summed E-state index contributed by atoms with van der Waals surface area (Å²) in [6, 6.07) is 15.9. The van der Waals surface area contributed by atoms with Crippen molar-refractivity contribution in [3.63, 3.8) is 0 Å². The third-order valence-corrected chi connectivity index (χ3v) is 3.82. The highest BCUT2D eigenvalue weighted by molar-refractivity contribution is 5.76. The normalized spacial score (nSPS) is 13.0. The van der Waals surface area contributed by atoms with Gasteiger partial charge in [-0.3, -0.25) is 9.59 Å². The van der Waals surface area contributed by atoms with Gasteiger partial charge < -0.3 is 20.7 Å². The fraction of sp³-hybridized carbons (Fsp3) is 0.263. The molecule has 2 aromatic carbocycles. The van der Waals surface area contributed by atoms with E-state index >= 15 is 0 Å². The van der Waals surface area contributed by atoms with Crippen molar-refractivity contribution in [2.75, 3.05) is 0 Å². The third-order valence-electron chi connectivity index (χ3n) is 3.82. The first-order valence-corrected chi connectivity index (χ1v) is 7.95. The van der Waals surface area contributed by atoms with Crippen molar-refractivity contribution >= 4 is 11.9 Å². The Morgan fingerprint density at radius 3 is 2.00 bits per heavy atom. The van der Waals surface area contributed by atoms with Crippen molar-refractivity contribution in [1.29, 1.82) is 0 Å². The molecule has 0 aromatic heterocycles. The molecule has 0 aliphatic carbocycles. The molecule has 132 valence electrons. The standard InChI is InChI=1S/C19H21NO5/c20-18(19(23)24)16(12-17(21)22)25-15-10-8-14(9-11-15)7-6-13-4-2-1-3-5-13/h1-5,8-11,16,18H,6-7,12,20H2,(H,21,22)(H,23,24)/t16?,18-/m0/s1. The molecular weight excluding hydrogens is 322 g/mol. The van der Waals surface area contributed by atoms with E-state index in [1.165, 1.54) is 5.56 Å². The molecule has 1 unspecified atom stereocenters. The second kappa shape index (κ2) is 8.84. The Labute approximate surface area is 145 Å². The number of aryl methyl sites for hydroxylation is 2. The molecule has 0 fully saturated rings. The predicted octanol–water partition coefficient (Wildman–Crippen LogP) is 2.11. The third kappa shape index (κ3) is 5.93. The summed E-state index contributed by atoms with van der Waals surface area (Å²) in [5, 5.41) is 17.9. The summed E-state index contributed by atoms with van der Waals surface area (Å²) < 4.78 is 5.48. The van der Waals surface area contributed by atoms with Crippen LogP contribution in [0, 0.1) is 0 Å². The van der Waals surface area contributed by atoms with E-state index in [9.17, 15) is 9.59 Å². The summed E-state index contributed by atoms with van der Waals surface area (Å²) >= 11 is 0. The van der Waals surface area contributed by atoms with Gasteiger partial charge in [-0.25, -0.2) is 0 Å². The molecule has 0 saturated carbocycles. The topological polar surface area (TPSA) is 110 Å². The molecule has 0 spiro atoms. The molecule has 25 heavy (non-hydrogen) atoms. The maximum atomic E-state index is 11.0. The highest BCUT2D eigenvalue weighted by Crippen LogP contribution is 2.17. The molecule has 0 bridgehead atoms. The Balaban J connectivity index is 1.97. The maximum absolute atomic E-state index is 11.0. The summed E-state index contributed by atoms with van der Waals surface area (Å²) in [6.07, 6.45) is 0.151. The van der Waals surface area contributed by atoms with Crippen LogP contribution in [0.4, 0.5) is 0 Å². The molecule has 2 atom stereocenters. The lowest BCUT2D eigenvalue weighted by molar-refractivity contribution is -0.143. The number of rotatable bonds is 9. The van der Waals surface area contributed by atoms with Crippen LogP contribution >= 0.6 is 0 Å². The van der Waals surface area contributed by atoms with Crippen LogP contribution in [-0.4, -0.2) is 34.3 Å². The second-order valence-electron chi connectivity index (χ2n) is 5.75. The zero-order chi connectivity index (χ0) is 18.2. The highest BCUT2D eigenvalue weighted by Gasteiger charge is 2.28. The van der Waals surface area contributed by atoms with Crippen LogP contribution in [0.5, 0.6) is 5.75 Å². The van der Waals surface area contributed by atoms with E-state index in [0.717, 1.165) is 18.4 Å². The molecule has 0 aliphatic heterocycles. The van der Waals surface area contributed by atoms with E-state index in [0.29, 0.717) is 5.75 Å². The quantitative estimate of drug-likeness (QED) is 0.643. The van der Waals surface area contributed by atoms with E-state index < -0.39 is 30.5 Å². The number of carbonyl (C=O) groups is 2. The molecule has 0 aliphatic rings. The fourth-order valence-electron chi connectivity index (χ4n) is 2.42. The zero-order valence-corrected chi connectivity index (χ0v) is 13.7. The number of nitrogens with two attached hydrogens (primary N) is 1. The van der Waals surface area contributed by atoms with Crippen molar-refractivity contribution in [2.45, 2.75) is 31.4 Å². The molecular formula is C19H21NO5. The first-order chi connectivity index (χ1) is 12.0. The number of carboxylic acid groups (broad SMARTS) is 2. The number of hydrogen-bond donors (Lipinski definition) is 3. The monoisotopic (exact) mass is 343 g/mol. The summed E-state index contributed by atoms with van der Waals surface area (Å²) in [7, 11) is 0. The Morgan fingerprint density at radius 2 is 1.48 bits per heavy atom. The largest absolute Gasteiger partial charge is 0.488 e. The van der Waals surface area contributed by atoms with Crippen LogP contribution in [0.1, 0.15) is 17.5 Å². The molecule has 0 radical (unpaired) electrons.